The number of rotatable bonds is 5. The summed E-state index contributed by atoms with van der Waals surface area (Å²) in [5.41, 5.74) is 2.41. The molecule has 0 spiro atoms. The van der Waals surface area contributed by atoms with Crippen molar-refractivity contribution in [3.8, 4) is 11.5 Å². The van der Waals surface area contributed by atoms with Crippen molar-refractivity contribution in [2.45, 2.75) is 12.8 Å². The van der Waals surface area contributed by atoms with Crippen LogP contribution in [0.5, 0.6) is 11.5 Å². The van der Waals surface area contributed by atoms with E-state index in [0.717, 1.165) is 34.9 Å². The number of ether oxygens (including phenoxy) is 2. The van der Waals surface area contributed by atoms with Crippen LogP contribution in [-0.4, -0.2) is 14.2 Å². The lowest BCUT2D eigenvalue weighted by molar-refractivity contribution is 0.414. The van der Waals surface area contributed by atoms with E-state index >= 15 is 0 Å². The molecule has 0 aliphatic heterocycles. The van der Waals surface area contributed by atoms with Gasteiger partial charge >= 0.3 is 0 Å². The van der Waals surface area contributed by atoms with Crippen molar-refractivity contribution in [3.05, 3.63) is 58.6 Å². The van der Waals surface area contributed by atoms with Gasteiger partial charge in [-0.05, 0) is 48.2 Å². The van der Waals surface area contributed by atoms with Crippen LogP contribution < -0.4 is 9.47 Å². The van der Waals surface area contributed by atoms with Crippen molar-refractivity contribution >= 4 is 11.6 Å². The second-order valence-electron chi connectivity index (χ2n) is 4.31. The highest BCUT2D eigenvalue weighted by atomic mass is 35.5. The predicted octanol–water partition coefficient (Wildman–Crippen LogP) is 4.14. The fraction of sp³-hybridized carbons (Fsp3) is 0.250. The standard InChI is InChI=1S/C16H17ClO2/c1-18-14-8-4-12(5-9-14)3-6-13-7-10-15(19-2)11-16(13)17/h4-5,7-11H,3,6H2,1-2H3. The number of aryl methyl sites for hydroxylation is 2. The minimum Gasteiger partial charge on any atom is -0.497 e. The molecule has 2 aromatic rings. The summed E-state index contributed by atoms with van der Waals surface area (Å²) in [6.45, 7) is 0. The Labute approximate surface area is 118 Å². The van der Waals surface area contributed by atoms with Crippen LogP contribution in [0.2, 0.25) is 5.02 Å². The van der Waals surface area contributed by atoms with Crippen LogP contribution >= 0.6 is 11.6 Å². The van der Waals surface area contributed by atoms with E-state index in [0.29, 0.717) is 0 Å². The lowest BCUT2D eigenvalue weighted by Gasteiger charge is -2.07. The van der Waals surface area contributed by atoms with Crippen LogP contribution in [0.1, 0.15) is 11.1 Å². The number of methoxy groups -OCH3 is 2. The van der Waals surface area contributed by atoms with E-state index in [1.165, 1.54) is 5.56 Å². The maximum Gasteiger partial charge on any atom is 0.120 e. The minimum absolute atomic E-state index is 0.757. The van der Waals surface area contributed by atoms with E-state index in [4.69, 9.17) is 21.1 Å². The molecule has 0 fully saturated rings. The maximum absolute atomic E-state index is 6.22. The van der Waals surface area contributed by atoms with Crippen molar-refractivity contribution in [2.24, 2.45) is 0 Å². The molecular weight excluding hydrogens is 260 g/mol. The SMILES string of the molecule is COc1ccc(CCc2ccc(OC)cc2Cl)cc1. The molecule has 0 N–H and O–H groups in total. The maximum atomic E-state index is 6.22. The summed E-state index contributed by atoms with van der Waals surface area (Å²) in [6, 6.07) is 13.9. The largest absolute Gasteiger partial charge is 0.497 e. The summed E-state index contributed by atoms with van der Waals surface area (Å²) >= 11 is 6.22. The molecule has 2 nitrogen and oxygen atoms in total. The van der Waals surface area contributed by atoms with Gasteiger partial charge in [0.1, 0.15) is 11.5 Å². The summed E-state index contributed by atoms with van der Waals surface area (Å²) < 4.78 is 10.3. The first-order valence-corrected chi connectivity index (χ1v) is 6.56. The van der Waals surface area contributed by atoms with E-state index in [2.05, 4.69) is 12.1 Å². The Kier molecular flexibility index (Phi) is 4.69. The molecule has 0 aliphatic carbocycles. The Morgan fingerprint density at radius 1 is 0.842 bits per heavy atom. The number of hydrogen-bond acceptors (Lipinski definition) is 2. The molecule has 0 bridgehead atoms. The van der Waals surface area contributed by atoms with Gasteiger partial charge in [-0.2, -0.15) is 0 Å². The van der Waals surface area contributed by atoms with Gasteiger partial charge in [-0.15, -0.1) is 0 Å². The highest BCUT2D eigenvalue weighted by Gasteiger charge is 2.03. The lowest BCUT2D eigenvalue weighted by Crippen LogP contribution is -1.93. The number of benzene rings is 2. The summed E-state index contributed by atoms with van der Waals surface area (Å²) in [4.78, 5) is 0. The van der Waals surface area contributed by atoms with Crippen LogP contribution in [0.4, 0.5) is 0 Å². The van der Waals surface area contributed by atoms with Gasteiger partial charge < -0.3 is 9.47 Å². The normalized spacial score (nSPS) is 10.3. The topological polar surface area (TPSA) is 18.5 Å². The van der Waals surface area contributed by atoms with Crippen LogP contribution in [0.15, 0.2) is 42.5 Å². The Hall–Kier alpha value is -1.67. The molecule has 0 saturated heterocycles. The Bertz CT molecular complexity index is 535. The fourth-order valence-corrected chi connectivity index (χ4v) is 2.19. The van der Waals surface area contributed by atoms with E-state index in [9.17, 15) is 0 Å². The van der Waals surface area contributed by atoms with Crippen LogP contribution in [-0.2, 0) is 12.8 Å². The van der Waals surface area contributed by atoms with Crippen LogP contribution in [0, 0.1) is 0 Å². The lowest BCUT2D eigenvalue weighted by atomic mass is 10.0. The molecule has 0 saturated carbocycles. The van der Waals surface area contributed by atoms with Gasteiger partial charge in [0.15, 0.2) is 0 Å². The summed E-state index contributed by atoms with van der Waals surface area (Å²) in [6.07, 6.45) is 1.87. The van der Waals surface area contributed by atoms with Crippen LogP contribution in [0.25, 0.3) is 0 Å². The van der Waals surface area contributed by atoms with Gasteiger partial charge in [0.2, 0.25) is 0 Å². The summed E-state index contributed by atoms with van der Waals surface area (Å²) in [5, 5.41) is 0.757. The van der Waals surface area contributed by atoms with E-state index in [1.54, 1.807) is 14.2 Å². The molecule has 19 heavy (non-hydrogen) atoms. The Balaban J connectivity index is 2.01. The van der Waals surface area contributed by atoms with Gasteiger partial charge in [0.05, 0.1) is 14.2 Å². The zero-order chi connectivity index (χ0) is 13.7. The average molecular weight is 277 g/mol. The molecule has 0 atom stereocenters. The minimum atomic E-state index is 0.757. The second kappa shape index (κ2) is 6.48. The summed E-state index contributed by atoms with van der Waals surface area (Å²) in [7, 11) is 3.31. The van der Waals surface area contributed by atoms with Crippen molar-refractivity contribution < 1.29 is 9.47 Å². The monoisotopic (exact) mass is 276 g/mol. The first-order valence-electron chi connectivity index (χ1n) is 6.18. The fourth-order valence-electron chi connectivity index (χ4n) is 1.93. The number of halogens is 1. The van der Waals surface area contributed by atoms with Crippen molar-refractivity contribution in [1.29, 1.82) is 0 Å². The molecule has 0 amide bonds. The smallest absolute Gasteiger partial charge is 0.120 e. The van der Waals surface area contributed by atoms with Gasteiger partial charge in [0.25, 0.3) is 0 Å². The average Bonchev–Trinajstić information content (AvgIpc) is 2.46. The molecule has 0 heterocycles. The molecule has 0 aromatic heterocycles. The molecular formula is C16H17ClO2. The van der Waals surface area contributed by atoms with Crippen molar-refractivity contribution in [2.75, 3.05) is 14.2 Å². The first kappa shape index (κ1) is 13.8. The van der Waals surface area contributed by atoms with Gasteiger partial charge in [-0.1, -0.05) is 29.8 Å². The second-order valence-corrected chi connectivity index (χ2v) is 4.71. The van der Waals surface area contributed by atoms with Gasteiger partial charge in [-0.25, -0.2) is 0 Å². The number of hydrogen-bond donors (Lipinski definition) is 0. The van der Waals surface area contributed by atoms with Crippen molar-refractivity contribution in [1.82, 2.24) is 0 Å². The molecule has 100 valence electrons. The zero-order valence-corrected chi connectivity index (χ0v) is 11.9. The highest BCUT2D eigenvalue weighted by molar-refractivity contribution is 6.31. The van der Waals surface area contributed by atoms with E-state index in [1.807, 2.05) is 30.3 Å². The molecule has 3 heteroatoms. The van der Waals surface area contributed by atoms with Crippen LogP contribution in [0.3, 0.4) is 0 Å². The van der Waals surface area contributed by atoms with Crippen molar-refractivity contribution in [3.63, 3.8) is 0 Å². The van der Waals surface area contributed by atoms with E-state index < -0.39 is 0 Å². The quantitative estimate of drug-likeness (QED) is 0.817. The third kappa shape index (κ3) is 3.65. The molecule has 2 aromatic carbocycles. The molecule has 2 rings (SSSR count). The Morgan fingerprint density at radius 2 is 1.47 bits per heavy atom. The third-order valence-electron chi connectivity index (χ3n) is 3.10. The molecule has 0 unspecified atom stereocenters. The molecule has 0 aliphatic rings. The highest BCUT2D eigenvalue weighted by Crippen LogP contribution is 2.24. The van der Waals surface area contributed by atoms with Gasteiger partial charge in [-0.3, -0.25) is 0 Å². The predicted molar refractivity (Wildman–Crippen MR) is 78.4 cm³/mol. The van der Waals surface area contributed by atoms with E-state index in [-0.39, 0.29) is 0 Å². The Morgan fingerprint density at radius 3 is 2.05 bits per heavy atom. The van der Waals surface area contributed by atoms with Gasteiger partial charge in [0, 0.05) is 5.02 Å². The third-order valence-corrected chi connectivity index (χ3v) is 3.45. The summed E-state index contributed by atoms with van der Waals surface area (Å²) in [5.74, 6) is 1.67. The zero-order valence-electron chi connectivity index (χ0n) is 11.2. The first-order chi connectivity index (χ1) is 9.22. The molecule has 0 radical (unpaired) electrons.